The number of methoxy groups -OCH3 is 1. The first-order chi connectivity index (χ1) is 17.0. The van der Waals surface area contributed by atoms with Gasteiger partial charge < -0.3 is 14.8 Å². The molecule has 2 aliphatic rings. The molecule has 1 N–H and O–H groups in total. The predicted molar refractivity (Wildman–Crippen MR) is 134 cm³/mol. The Hall–Kier alpha value is -3.66. The lowest BCUT2D eigenvalue weighted by atomic mass is 10.1. The number of nitrogens with one attached hydrogen (secondary N) is 1. The molecule has 1 atom stereocenters. The molecule has 0 aliphatic carbocycles. The third kappa shape index (κ3) is 5.71. The van der Waals surface area contributed by atoms with Crippen LogP contribution in [0.4, 0.5) is 5.69 Å². The van der Waals surface area contributed by atoms with Gasteiger partial charge in [0.1, 0.15) is 17.6 Å². The Morgan fingerprint density at radius 3 is 2.66 bits per heavy atom. The van der Waals surface area contributed by atoms with Crippen molar-refractivity contribution in [3.05, 3.63) is 59.7 Å². The van der Waals surface area contributed by atoms with E-state index in [4.69, 9.17) is 9.47 Å². The van der Waals surface area contributed by atoms with Gasteiger partial charge in [-0.3, -0.25) is 19.4 Å². The van der Waals surface area contributed by atoms with Gasteiger partial charge >= 0.3 is 5.97 Å². The van der Waals surface area contributed by atoms with Crippen LogP contribution in [0.5, 0.6) is 5.75 Å². The zero-order valence-corrected chi connectivity index (χ0v) is 20.3. The van der Waals surface area contributed by atoms with Crippen LogP contribution in [-0.4, -0.2) is 59.2 Å². The Kier molecular flexibility index (Phi) is 7.81. The van der Waals surface area contributed by atoms with Crippen LogP contribution in [0.2, 0.25) is 0 Å². The Morgan fingerprint density at radius 2 is 1.91 bits per heavy atom. The lowest BCUT2D eigenvalue weighted by molar-refractivity contribution is -0.139. The zero-order valence-electron chi connectivity index (χ0n) is 19.5. The second-order valence-electron chi connectivity index (χ2n) is 7.81. The number of ether oxygens (including phenoxy) is 2. The van der Waals surface area contributed by atoms with Crippen LogP contribution in [0.1, 0.15) is 30.9 Å². The first kappa shape index (κ1) is 24.5. The van der Waals surface area contributed by atoms with E-state index in [0.717, 1.165) is 28.6 Å². The van der Waals surface area contributed by atoms with E-state index in [1.165, 1.54) is 4.90 Å². The van der Waals surface area contributed by atoms with Crippen molar-refractivity contribution >= 4 is 46.2 Å². The van der Waals surface area contributed by atoms with Gasteiger partial charge in [-0.25, -0.2) is 9.89 Å². The summed E-state index contributed by atoms with van der Waals surface area (Å²) in [5.41, 5.74) is 2.37. The van der Waals surface area contributed by atoms with E-state index in [0.29, 0.717) is 23.2 Å². The summed E-state index contributed by atoms with van der Waals surface area (Å²) in [4.78, 5) is 48.2. The number of para-hydroxylation sites is 1. The number of thioether (sulfide) groups is 1. The van der Waals surface area contributed by atoms with E-state index in [1.807, 2.05) is 48.5 Å². The third-order valence-electron chi connectivity index (χ3n) is 5.47. The van der Waals surface area contributed by atoms with Gasteiger partial charge in [0.2, 0.25) is 5.91 Å². The van der Waals surface area contributed by atoms with Crippen molar-refractivity contribution in [2.24, 2.45) is 9.98 Å². The summed E-state index contributed by atoms with van der Waals surface area (Å²) in [5.74, 6) is 0.479. The smallest absolute Gasteiger partial charge is 0.316 e. The number of esters is 1. The number of amides is 2. The van der Waals surface area contributed by atoms with E-state index in [1.54, 1.807) is 14.0 Å². The van der Waals surface area contributed by atoms with Gasteiger partial charge in [0.25, 0.3) is 5.91 Å². The fraction of sp³-hybridized carbons (Fsp3) is 0.320. The Balaban J connectivity index is 1.40. The monoisotopic (exact) mass is 494 g/mol. The molecule has 4 rings (SSSR count). The van der Waals surface area contributed by atoms with E-state index in [2.05, 4.69) is 15.3 Å². The topological polar surface area (TPSA) is 110 Å². The summed E-state index contributed by atoms with van der Waals surface area (Å²) < 4.78 is 10.1. The minimum atomic E-state index is -0.698. The molecule has 2 aromatic carbocycles. The highest BCUT2D eigenvalue weighted by Gasteiger charge is 2.41. The quantitative estimate of drug-likeness (QED) is 0.537. The summed E-state index contributed by atoms with van der Waals surface area (Å²) in [5, 5.41) is 3.26. The number of carbonyl (C=O) groups excluding carboxylic acids is 3. The fourth-order valence-corrected chi connectivity index (χ4v) is 4.51. The van der Waals surface area contributed by atoms with Gasteiger partial charge in [0.15, 0.2) is 5.17 Å². The standard InChI is InChI=1S/C25H26N4O5S/c1-3-34-22(31)15-35-25-28-19-7-5-4-6-18(19)23-27-20(24(32)29(23)25)12-13-21(30)26-14-16-8-10-17(33-2)11-9-16/h4-11,20H,3,12-15H2,1-2H3,(H,26,30)/t20-/m0/s1. The molecule has 182 valence electrons. The summed E-state index contributed by atoms with van der Waals surface area (Å²) in [6, 6.07) is 14.1. The van der Waals surface area contributed by atoms with Crippen molar-refractivity contribution in [2.75, 3.05) is 19.5 Å². The summed E-state index contributed by atoms with van der Waals surface area (Å²) in [6.07, 6.45) is 0.423. The maximum absolute atomic E-state index is 13.2. The van der Waals surface area contributed by atoms with Crippen molar-refractivity contribution in [1.82, 2.24) is 10.2 Å². The van der Waals surface area contributed by atoms with E-state index in [-0.39, 0.29) is 43.0 Å². The van der Waals surface area contributed by atoms with Gasteiger partial charge in [0.05, 0.1) is 25.2 Å². The molecule has 0 saturated carbocycles. The molecular formula is C25H26N4O5S. The number of hydrogen-bond acceptors (Lipinski definition) is 8. The fourth-order valence-electron chi connectivity index (χ4n) is 3.71. The molecule has 10 heteroatoms. The Bertz CT molecular complexity index is 1180. The molecule has 0 spiro atoms. The Morgan fingerprint density at radius 1 is 1.14 bits per heavy atom. The van der Waals surface area contributed by atoms with Gasteiger partial charge in [-0.15, -0.1) is 0 Å². The normalized spacial score (nSPS) is 16.1. The number of fused-ring (bicyclic) bond motifs is 3. The van der Waals surface area contributed by atoms with Crippen LogP contribution in [0.15, 0.2) is 58.5 Å². The number of benzene rings is 2. The lowest BCUT2D eigenvalue weighted by Gasteiger charge is -2.25. The van der Waals surface area contributed by atoms with E-state index >= 15 is 0 Å². The molecular weight excluding hydrogens is 468 g/mol. The SMILES string of the molecule is CCOC(=O)CSC1=Nc2ccccc2C2=N[C@@H](CCC(=O)NCc3ccc(OC)cc3)C(=O)N12. The molecule has 2 aromatic rings. The van der Waals surface area contributed by atoms with Crippen LogP contribution in [0, 0.1) is 0 Å². The molecule has 0 unspecified atom stereocenters. The Labute approximate surface area is 207 Å². The molecule has 2 amide bonds. The molecule has 2 heterocycles. The molecule has 9 nitrogen and oxygen atoms in total. The summed E-state index contributed by atoms with van der Waals surface area (Å²) in [6.45, 7) is 2.41. The molecule has 35 heavy (non-hydrogen) atoms. The number of hydrogen-bond donors (Lipinski definition) is 1. The van der Waals surface area contributed by atoms with Crippen LogP contribution >= 0.6 is 11.8 Å². The molecule has 0 aromatic heterocycles. The summed E-state index contributed by atoms with van der Waals surface area (Å²) in [7, 11) is 1.60. The maximum Gasteiger partial charge on any atom is 0.316 e. The number of carbonyl (C=O) groups is 3. The molecule has 0 radical (unpaired) electrons. The first-order valence-electron chi connectivity index (χ1n) is 11.3. The van der Waals surface area contributed by atoms with Gasteiger partial charge in [0, 0.05) is 18.5 Å². The number of rotatable bonds is 9. The first-order valence-corrected chi connectivity index (χ1v) is 12.3. The zero-order chi connectivity index (χ0) is 24.8. The predicted octanol–water partition coefficient (Wildman–Crippen LogP) is 3.05. The highest BCUT2D eigenvalue weighted by atomic mass is 32.2. The average molecular weight is 495 g/mol. The maximum atomic E-state index is 13.2. The van der Waals surface area contributed by atoms with E-state index in [9.17, 15) is 14.4 Å². The number of aliphatic imine (C=N–C) groups is 2. The molecule has 2 aliphatic heterocycles. The van der Waals surface area contributed by atoms with Crippen LogP contribution < -0.4 is 10.1 Å². The van der Waals surface area contributed by atoms with E-state index < -0.39 is 6.04 Å². The van der Waals surface area contributed by atoms with Crippen molar-refractivity contribution in [3.8, 4) is 5.75 Å². The highest BCUT2D eigenvalue weighted by Crippen LogP contribution is 2.34. The minimum Gasteiger partial charge on any atom is -0.497 e. The second-order valence-corrected chi connectivity index (χ2v) is 8.75. The van der Waals surface area contributed by atoms with Crippen LogP contribution in [-0.2, 0) is 25.7 Å². The lowest BCUT2D eigenvalue weighted by Crippen LogP contribution is -2.41. The van der Waals surface area contributed by atoms with Crippen molar-refractivity contribution in [2.45, 2.75) is 32.4 Å². The average Bonchev–Trinajstić information content (AvgIpc) is 3.21. The third-order valence-corrected chi connectivity index (χ3v) is 6.38. The molecule has 0 bridgehead atoms. The second kappa shape index (κ2) is 11.2. The van der Waals surface area contributed by atoms with Gasteiger partial charge in [-0.2, -0.15) is 0 Å². The molecule has 0 fully saturated rings. The number of nitrogens with zero attached hydrogens (tertiary/aromatic N) is 3. The summed E-state index contributed by atoms with van der Waals surface area (Å²) >= 11 is 1.14. The largest absolute Gasteiger partial charge is 0.497 e. The van der Waals surface area contributed by atoms with Crippen molar-refractivity contribution in [3.63, 3.8) is 0 Å². The highest BCUT2D eigenvalue weighted by molar-refractivity contribution is 8.14. The van der Waals surface area contributed by atoms with Crippen LogP contribution in [0.25, 0.3) is 0 Å². The number of amidine groups is 2. The van der Waals surface area contributed by atoms with Crippen LogP contribution in [0.3, 0.4) is 0 Å². The van der Waals surface area contributed by atoms with Gasteiger partial charge in [-0.1, -0.05) is 36.0 Å². The minimum absolute atomic E-state index is 0.0321. The van der Waals surface area contributed by atoms with Crippen molar-refractivity contribution in [1.29, 1.82) is 0 Å². The molecule has 0 saturated heterocycles. The van der Waals surface area contributed by atoms with Gasteiger partial charge in [-0.05, 0) is 43.2 Å². The van der Waals surface area contributed by atoms with Crippen molar-refractivity contribution < 1.29 is 23.9 Å².